The molecule has 1 fully saturated rings. The Hall–Kier alpha value is -0.840. The second kappa shape index (κ2) is 6.55. The summed E-state index contributed by atoms with van der Waals surface area (Å²) >= 11 is 3.66. The molecular formula is C14H23BrN4. The molecule has 5 heteroatoms. The minimum Gasteiger partial charge on any atom is -0.369 e. The van der Waals surface area contributed by atoms with Crippen LogP contribution in [0.2, 0.25) is 0 Å². The van der Waals surface area contributed by atoms with E-state index in [2.05, 4.69) is 56.9 Å². The summed E-state index contributed by atoms with van der Waals surface area (Å²) in [5, 5.41) is 3.34. The molecule has 2 rings (SSSR count). The fourth-order valence-electron chi connectivity index (χ4n) is 2.65. The summed E-state index contributed by atoms with van der Waals surface area (Å²) in [6, 6.07) is 0.536. The maximum absolute atomic E-state index is 4.47. The number of anilines is 2. The van der Waals surface area contributed by atoms with Crippen molar-refractivity contribution in [3.63, 3.8) is 0 Å². The van der Waals surface area contributed by atoms with E-state index in [0.717, 1.165) is 41.5 Å². The molecule has 0 bridgehead atoms. The van der Waals surface area contributed by atoms with Crippen molar-refractivity contribution in [2.75, 3.05) is 23.3 Å². The topological polar surface area (TPSA) is 41.1 Å². The van der Waals surface area contributed by atoms with Crippen molar-refractivity contribution in [1.82, 2.24) is 9.97 Å². The van der Waals surface area contributed by atoms with Crippen molar-refractivity contribution in [1.29, 1.82) is 0 Å². The molecule has 0 spiro atoms. The quantitative estimate of drug-likeness (QED) is 0.916. The van der Waals surface area contributed by atoms with Crippen molar-refractivity contribution >= 4 is 27.6 Å². The molecule has 1 N–H and O–H groups in total. The number of hydrogen-bond donors (Lipinski definition) is 1. The van der Waals surface area contributed by atoms with Crippen LogP contribution in [0.5, 0.6) is 0 Å². The highest BCUT2D eigenvalue weighted by Crippen LogP contribution is 2.34. The molecule has 1 aromatic rings. The van der Waals surface area contributed by atoms with Crippen molar-refractivity contribution in [3.8, 4) is 0 Å². The van der Waals surface area contributed by atoms with Gasteiger partial charge >= 0.3 is 0 Å². The normalized spacial score (nSPS) is 23.5. The van der Waals surface area contributed by atoms with Gasteiger partial charge in [-0.2, -0.15) is 0 Å². The van der Waals surface area contributed by atoms with E-state index in [1.165, 1.54) is 12.8 Å². The van der Waals surface area contributed by atoms with Gasteiger partial charge in [0.1, 0.15) is 22.4 Å². The summed E-state index contributed by atoms with van der Waals surface area (Å²) in [5.74, 6) is 2.73. The van der Waals surface area contributed by atoms with Crippen LogP contribution in [0.4, 0.5) is 11.6 Å². The molecule has 2 heterocycles. The van der Waals surface area contributed by atoms with E-state index in [4.69, 9.17) is 0 Å². The molecule has 19 heavy (non-hydrogen) atoms. The Morgan fingerprint density at radius 1 is 1.42 bits per heavy atom. The fraction of sp³-hybridized carbons (Fsp3) is 0.714. The average Bonchev–Trinajstić information content (AvgIpc) is 2.38. The standard InChI is InChI=1S/C14H23BrN4/c1-4-6-16-13-12(15)14(18-9-17-13)19-7-5-10(2)8-11(19)3/h9-11H,4-8H2,1-3H3,(H,16,17,18). The highest BCUT2D eigenvalue weighted by Gasteiger charge is 2.26. The Morgan fingerprint density at radius 3 is 2.89 bits per heavy atom. The monoisotopic (exact) mass is 326 g/mol. The van der Waals surface area contributed by atoms with E-state index in [0.29, 0.717) is 6.04 Å². The maximum Gasteiger partial charge on any atom is 0.148 e. The van der Waals surface area contributed by atoms with Crippen molar-refractivity contribution in [3.05, 3.63) is 10.8 Å². The van der Waals surface area contributed by atoms with Crippen LogP contribution in [-0.2, 0) is 0 Å². The Morgan fingerprint density at radius 2 is 2.21 bits per heavy atom. The summed E-state index contributed by atoms with van der Waals surface area (Å²) in [7, 11) is 0. The smallest absolute Gasteiger partial charge is 0.148 e. The van der Waals surface area contributed by atoms with E-state index >= 15 is 0 Å². The van der Waals surface area contributed by atoms with Crippen LogP contribution in [0.3, 0.4) is 0 Å². The van der Waals surface area contributed by atoms with E-state index in [9.17, 15) is 0 Å². The first-order valence-electron chi connectivity index (χ1n) is 7.14. The number of hydrogen-bond acceptors (Lipinski definition) is 4. The number of halogens is 1. The van der Waals surface area contributed by atoms with Crippen LogP contribution in [0.25, 0.3) is 0 Å². The minimum atomic E-state index is 0.536. The molecule has 1 aromatic heterocycles. The molecule has 1 saturated heterocycles. The summed E-state index contributed by atoms with van der Waals surface area (Å²) < 4.78 is 0.991. The molecule has 0 radical (unpaired) electrons. The highest BCUT2D eigenvalue weighted by atomic mass is 79.9. The third-order valence-corrected chi connectivity index (χ3v) is 4.45. The molecule has 1 aliphatic rings. The van der Waals surface area contributed by atoms with E-state index in [-0.39, 0.29) is 0 Å². The Kier molecular flexibility index (Phi) is 5.02. The van der Waals surface area contributed by atoms with Gasteiger partial charge in [0.25, 0.3) is 0 Å². The lowest BCUT2D eigenvalue weighted by atomic mass is 9.93. The fourth-order valence-corrected chi connectivity index (χ4v) is 3.22. The van der Waals surface area contributed by atoms with Crippen LogP contribution >= 0.6 is 15.9 Å². The van der Waals surface area contributed by atoms with Gasteiger partial charge in [0, 0.05) is 19.1 Å². The molecule has 0 aliphatic carbocycles. The van der Waals surface area contributed by atoms with Gasteiger partial charge in [-0.05, 0) is 48.0 Å². The molecule has 2 atom stereocenters. The first kappa shape index (κ1) is 14.6. The number of nitrogens with one attached hydrogen (secondary N) is 1. The lowest BCUT2D eigenvalue weighted by Gasteiger charge is -2.37. The second-order valence-electron chi connectivity index (χ2n) is 5.46. The third kappa shape index (κ3) is 3.38. The van der Waals surface area contributed by atoms with Gasteiger partial charge in [0.05, 0.1) is 0 Å². The van der Waals surface area contributed by atoms with Crippen molar-refractivity contribution < 1.29 is 0 Å². The summed E-state index contributed by atoms with van der Waals surface area (Å²) in [4.78, 5) is 11.2. The summed E-state index contributed by atoms with van der Waals surface area (Å²) in [6.07, 6.45) is 5.21. The lowest BCUT2D eigenvalue weighted by Crippen LogP contribution is -2.41. The molecule has 1 aliphatic heterocycles. The van der Waals surface area contributed by atoms with Gasteiger partial charge in [-0.15, -0.1) is 0 Å². The Labute approximate surface area is 124 Å². The highest BCUT2D eigenvalue weighted by molar-refractivity contribution is 9.10. The maximum atomic E-state index is 4.47. The summed E-state index contributed by atoms with van der Waals surface area (Å²) in [5.41, 5.74) is 0. The second-order valence-corrected chi connectivity index (χ2v) is 6.25. The zero-order chi connectivity index (χ0) is 13.8. The zero-order valence-electron chi connectivity index (χ0n) is 12.0. The van der Waals surface area contributed by atoms with Gasteiger partial charge in [0.2, 0.25) is 0 Å². The summed E-state index contributed by atoms with van der Waals surface area (Å²) in [6.45, 7) is 8.77. The van der Waals surface area contributed by atoms with Gasteiger partial charge in [0.15, 0.2) is 0 Å². The largest absolute Gasteiger partial charge is 0.369 e. The molecular weight excluding hydrogens is 304 g/mol. The van der Waals surface area contributed by atoms with Gasteiger partial charge < -0.3 is 10.2 Å². The van der Waals surface area contributed by atoms with Crippen LogP contribution in [0, 0.1) is 5.92 Å². The van der Waals surface area contributed by atoms with E-state index in [1.807, 2.05) is 0 Å². The average molecular weight is 327 g/mol. The predicted molar refractivity (Wildman–Crippen MR) is 83.7 cm³/mol. The van der Waals surface area contributed by atoms with Crippen LogP contribution in [0.15, 0.2) is 10.8 Å². The molecule has 0 saturated carbocycles. The third-order valence-electron chi connectivity index (χ3n) is 3.72. The van der Waals surface area contributed by atoms with E-state index < -0.39 is 0 Å². The number of aromatic nitrogens is 2. The Bertz CT molecular complexity index is 424. The van der Waals surface area contributed by atoms with E-state index in [1.54, 1.807) is 6.33 Å². The molecule has 0 aromatic carbocycles. The number of rotatable bonds is 4. The van der Waals surface area contributed by atoms with Gasteiger partial charge in [-0.1, -0.05) is 13.8 Å². The molecule has 0 amide bonds. The number of nitrogens with zero attached hydrogens (tertiary/aromatic N) is 3. The first-order valence-corrected chi connectivity index (χ1v) is 7.93. The van der Waals surface area contributed by atoms with Gasteiger partial charge in [-0.3, -0.25) is 0 Å². The SMILES string of the molecule is CCCNc1ncnc(N2CCC(C)CC2C)c1Br. The molecule has 2 unspecified atom stereocenters. The Balaban J connectivity index is 2.19. The first-order chi connectivity index (χ1) is 9.13. The lowest BCUT2D eigenvalue weighted by molar-refractivity contribution is 0.375. The van der Waals surface area contributed by atoms with Crippen molar-refractivity contribution in [2.24, 2.45) is 5.92 Å². The van der Waals surface area contributed by atoms with Crippen LogP contribution in [0.1, 0.15) is 40.0 Å². The van der Waals surface area contributed by atoms with Crippen molar-refractivity contribution in [2.45, 2.75) is 46.1 Å². The molecule has 106 valence electrons. The minimum absolute atomic E-state index is 0.536. The predicted octanol–water partition coefficient (Wildman–Crippen LogP) is 3.69. The number of piperidine rings is 1. The zero-order valence-corrected chi connectivity index (χ0v) is 13.6. The van der Waals surface area contributed by atoms with Crippen LogP contribution < -0.4 is 10.2 Å². The molecule has 4 nitrogen and oxygen atoms in total. The van der Waals surface area contributed by atoms with Crippen LogP contribution in [-0.4, -0.2) is 29.1 Å². The van der Waals surface area contributed by atoms with Gasteiger partial charge in [-0.25, -0.2) is 9.97 Å².